The topological polar surface area (TPSA) is 44.5 Å². The minimum Gasteiger partial charge on any atom is -0.486 e. The van der Waals surface area contributed by atoms with Crippen molar-refractivity contribution >= 4 is 29.1 Å². The Balaban J connectivity index is 1.89. The second-order valence-electron chi connectivity index (χ2n) is 4.21. The van der Waals surface area contributed by atoms with E-state index in [-0.39, 0.29) is 5.02 Å². The summed E-state index contributed by atoms with van der Waals surface area (Å²) in [4.78, 5) is 1.51. The first kappa shape index (κ1) is 13.4. The maximum Gasteiger partial charge on any atom is 0.162 e. The van der Waals surface area contributed by atoms with E-state index >= 15 is 0 Å². The summed E-state index contributed by atoms with van der Waals surface area (Å²) in [5, 5.41) is 0.0222. The minimum atomic E-state index is -0.485. The number of anilines is 1. The van der Waals surface area contributed by atoms with Crippen molar-refractivity contribution in [3.05, 3.63) is 41.2 Å². The number of benzene rings is 2. The van der Waals surface area contributed by atoms with Crippen LogP contribution in [-0.4, -0.2) is 13.2 Å². The van der Waals surface area contributed by atoms with Gasteiger partial charge in [0.15, 0.2) is 11.5 Å². The molecule has 20 heavy (non-hydrogen) atoms. The Morgan fingerprint density at radius 2 is 1.85 bits per heavy atom. The van der Waals surface area contributed by atoms with Gasteiger partial charge >= 0.3 is 0 Å². The lowest BCUT2D eigenvalue weighted by molar-refractivity contribution is 0.171. The van der Waals surface area contributed by atoms with Gasteiger partial charge in [-0.3, -0.25) is 0 Å². The van der Waals surface area contributed by atoms with Gasteiger partial charge in [0.05, 0.1) is 5.02 Å². The van der Waals surface area contributed by atoms with Crippen molar-refractivity contribution in [3.8, 4) is 11.5 Å². The van der Waals surface area contributed by atoms with Crippen LogP contribution in [0.4, 0.5) is 10.1 Å². The molecular weight excluding hydrogens is 301 g/mol. The Hall–Kier alpha value is -1.59. The predicted octanol–water partition coefficient (Wildman–Crippen LogP) is 3.98. The quantitative estimate of drug-likeness (QED) is 0.852. The zero-order chi connectivity index (χ0) is 14.1. The number of rotatable bonds is 2. The van der Waals surface area contributed by atoms with Crippen molar-refractivity contribution < 1.29 is 13.9 Å². The summed E-state index contributed by atoms with van der Waals surface area (Å²) >= 11 is 7.03. The fourth-order valence-corrected chi connectivity index (χ4v) is 2.91. The summed E-state index contributed by atoms with van der Waals surface area (Å²) in [6.45, 7) is 1.08. The third-order valence-corrected chi connectivity index (χ3v) is 4.15. The van der Waals surface area contributed by atoms with Crippen molar-refractivity contribution in [2.24, 2.45) is 0 Å². The van der Waals surface area contributed by atoms with Gasteiger partial charge in [0.1, 0.15) is 19.0 Å². The maximum atomic E-state index is 13.5. The van der Waals surface area contributed by atoms with Crippen molar-refractivity contribution in [1.29, 1.82) is 0 Å². The zero-order valence-corrected chi connectivity index (χ0v) is 11.9. The van der Waals surface area contributed by atoms with Gasteiger partial charge in [-0.15, -0.1) is 0 Å². The van der Waals surface area contributed by atoms with E-state index in [1.54, 1.807) is 0 Å². The molecule has 0 bridgehead atoms. The van der Waals surface area contributed by atoms with Gasteiger partial charge in [-0.2, -0.15) is 0 Å². The van der Waals surface area contributed by atoms with Gasteiger partial charge in [-0.1, -0.05) is 23.4 Å². The van der Waals surface area contributed by atoms with Crippen molar-refractivity contribution in [1.82, 2.24) is 0 Å². The third-order valence-electron chi connectivity index (χ3n) is 2.79. The summed E-state index contributed by atoms with van der Waals surface area (Å²) in [7, 11) is 0. The predicted molar refractivity (Wildman–Crippen MR) is 77.4 cm³/mol. The number of nitrogens with two attached hydrogens (primary N) is 1. The first-order valence-electron chi connectivity index (χ1n) is 5.95. The SMILES string of the molecule is Nc1cc(Cl)c(F)cc1Sc1ccc2c(c1)OCCO2. The molecule has 0 saturated heterocycles. The van der Waals surface area contributed by atoms with Crippen LogP contribution in [0.15, 0.2) is 40.1 Å². The molecule has 2 aromatic rings. The van der Waals surface area contributed by atoms with Gasteiger partial charge in [0.2, 0.25) is 0 Å². The van der Waals surface area contributed by atoms with Crippen LogP contribution in [0.25, 0.3) is 0 Å². The molecule has 104 valence electrons. The van der Waals surface area contributed by atoms with Crippen LogP contribution in [0.5, 0.6) is 11.5 Å². The summed E-state index contributed by atoms with van der Waals surface area (Å²) in [5.74, 6) is 0.922. The minimum absolute atomic E-state index is 0.0222. The molecule has 0 spiro atoms. The summed E-state index contributed by atoms with van der Waals surface area (Å²) in [6.07, 6.45) is 0. The van der Waals surface area contributed by atoms with Gasteiger partial charge in [0, 0.05) is 15.5 Å². The van der Waals surface area contributed by atoms with Crippen molar-refractivity contribution in [3.63, 3.8) is 0 Å². The van der Waals surface area contributed by atoms with Crippen LogP contribution in [0.1, 0.15) is 0 Å². The standard InChI is InChI=1S/C14H11ClFNO2S/c15-9-6-11(17)14(7-10(9)16)20-8-1-2-12-13(5-8)19-4-3-18-12/h1-2,5-7H,3-4,17H2. The molecular formula is C14H11ClFNO2S. The highest BCUT2D eigenvalue weighted by Gasteiger charge is 2.13. The highest BCUT2D eigenvalue weighted by Crippen LogP contribution is 2.39. The third kappa shape index (κ3) is 2.64. The van der Waals surface area contributed by atoms with Crippen molar-refractivity contribution in [2.45, 2.75) is 9.79 Å². The number of hydrogen-bond donors (Lipinski definition) is 1. The van der Waals surface area contributed by atoms with E-state index in [9.17, 15) is 4.39 Å². The Morgan fingerprint density at radius 1 is 1.10 bits per heavy atom. The van der Waals surface area contributed by atoms with E-state index in [2.05, 4.69) is 0 Å². The fraction of sp³-hybridized carbons (Fsp3) is 0.143. The van der Waals surface area contributed by atoms with E-state index in [1.807, 2.05) is 18.2 Å². The van der Waals surface area contributed by atoms with E-state index in [0.717, 1.165) is 10.6 Å². The van der Waals surface area contributed by atoms with Crippen LogP contribution >= 0.6 is 23.4 Å². The van der Waals surface area contributed by atoms with Crippen molar-refractivity contribution in [2.75, 3.05) is 18.9 Å². The Morgan fingerprint density at radius 3 is 2.65 bits per heavy atom. The van der Waals surface area contributed by atoms with Gasteiger partial charge < -0.3 is 15.2 Å². The lowest BCUT2D eigenvalue weighted by Crippen LogP contribution is -2.15. The summed E-state index contributed by atoms with van der Waals surface area (Å²) in [5.41, 5.74) is 6.29. The highest BCUT2D eigenvalue weighted by atomic mass is 35.5. The molecule has 0 unspecified atom stereocenters. The fourth-order valence-electron chi connectivity index (χ4n) is 1.85. The second kappa shape index (κ2) is 5.42. The molecule has 0 fully saturated rings. The molecule has 1 aliphatic rings. The molecule has 1 heterocycles. The van der Waals surface area contributed by atoms with E-state index in [0.29, 0.717) is 29.5 Å². The molecule has 1 aliphatic heterocycles. The van der Waals surface area contributed by atoms with Gasteiger partial charge in [0.25, 0.3) is 0 Å². The van der Waals surface area contributed by atoms with Crippen LogP contribution < -0.4 is 15.2 Å². The molecule has 0 aromatic heterocycles. The molecule has 3 nitrogen and oxygen atoms in total. The molecule has 0 aliphatic carbocycles. The lowest BCUT2D eigenvalue weighted by atomic mass is 10.3. The van der Waals surface area contributed by atoms with E-state index < -0.39 is 5.82 Å². The van der Waals surface area contributed by atoms with E-state index in [4.69, 9.17) is 26.8 Å². The Kier molecular flexibility index (Phi) is 3.63. The maximum absolute atomic E-state index is 13.5. The lowest BCUT2D eigenvalue weighted by Gasteiger charge is -2.18. The highest BCUT2D eigenvalue weighted by molar-refractivity contribution is 7.99. The normalized spacial score (nSPS) is 13.3. The van der Waals surface area contributed by atoms with Crippen LogP contribution in [0, 0.1) is 5.82 Å². The Bertz CT molecular complexity index is 666. The number of fused-ring (bicyclic) bond motifs is 1. The molecule has 0 saturated carbocycles. The van der Waals surface area contributed by atoms with Gasteiger partial charge in [-0.05, 0) is 30.3 Å². The second-order valence-corrected chi connectivity index (χ2v) is 5.73. The first-order chi connectivity index (χ1) is 9.63. The molecule has 0 amide bonds. The molecule has 2 aromatic carbocycles. The largest absolute Gasteiger partial charge is 0.486 e. The summed E-state index contributed by atoms with van der Waals surface area (Å²) < 4.78 is 24.5. The molecule has 3 rings (SSSR count). The van der Waals surface area contributed by atoms with Gasteiger partial charge in [-0.25, -0.2) is 4.39 Å². The number of ether oxygens (including phenoxy) is 2. The first-order valence-corrected chi connectivity index (χ1v) is 7.15. The number of halogens is 2. The molecule has 2 N–H and O–H groups in total. The zero-order valence-electron chi connectivity index (χ0n) is 10.4. The van der Waals surface area contributed by atoms with E-state index in [1.165, 1.54) is 23.9 Å². The average Bonchev–Trinajstić information content (AvgIpc) is 2.44. The monoisotopic (exact) mass is 311 g/mol. The molecule has 0 atom stereocenters. The van der Waals surface area contributed by atoms with Crippen LogP contribution in [0.2, 0.25) is 5.02 Å². The number of nitrogen functional groups attached to an aromatic ring is 1. The summed E-state index contributed by atoms with van der Waals surface area (Å²) in [6, 6.07) is 8.31. The van der Waals surface area contributed by atoms with Crippen LogP contribution in [0.3, 0.4) is 0 Å². The number of hydrogen-bond acceptors (Lipinski definition) is 4. The Labute approximate surface area is 124 Å². The van der Waals surface area contributed by atoms with Crippen LogP contribution in [-0.2, 0) is 0 Å². The average molecular weight is 312 g/mol. The molecule has 0 radical (unpaired) electrons. The molecule has 6 heteroatoms. The smallest absolute Gasteiger partial charge is 0.162 e.